The van der Waals surface area contributed by atoms with Crippen LogP contribution >= 0.6 is 34.2 Å². The quantitative estimate of drug-likeness (QED) is 0.569. The Hall–Kier alpha value is -0.0300. The number of rotatable bonds is 0. The molecule has 0 aliphatic rings. The average molecular weight is 272 g/mol. The van der Waals surface area contributed by atoms with Gasteiger partial charge in [0.1, 0.15) is 0 Å². The Balaban J connectivity index is 3.34. The van der Waals surface area contributed by atoms with E-state index in [2.05, 4.69) is 0 Å². The predicted molar refractivity (Wildman–Crippen MR) is 45.8 cm³/mol. The van der Waals surface area contributed by atoms with Gasteiger partial charge < -0.3 is 5.11 Å². The van der Waals surface area contributed by atoms with Crippen molar-refractivity contribution in [3.63, 3.8) is 0 Å². The number of hydrogen-bond donors (Lipinski definition) is 1. The molecule has 0 atom stereocenters. The Labute approximate surface area is 76.0 Å². The first-order valence-corrected chi connectivity index (χ1v) is 3.91. The number of phenolic OH excluding ortho intramolecular Hbond substituents is 1. The molecule has 1 rings (SSSR count). The molecular formula is C6H3ClFIO. The molecular weight excluding hydrogens is 269 g/mol. The van der Waals surface area contributed by atoms with Crippen molar-refractivity contribution in [3.8, 4) is 5.75 Å². The van der Waals surface area contributed by atoms with Crippen molar-refractivity contribution in [2.75, 3.05) is 0 Å². The molecule has 0 bridgehead atoms. The van der Waals surface area contributed by atoms with Gasteiger partial charge in [-0.25, -0.2) is 4.39 Å². The molecule has 54 valence electrons. The highest BCUT2D eigenvalue weighted by atomic mass is 127. The lowest BCUT2D eigenvalue weighted by Crippen LogP contribution is -1.82. The lowest BCUT2D eigenvalue weighted by molar-refractivity contribution is 0.430. The zero-order chi connectivity index (χ0) is 7.72. The van der Waals surface area contributed by atoms with E-state index >= 15 is 0 Å². The van der Waals surface area contributed by atoms with Crippen LogP contribution in [0.2, 0.25) is 5.02 Å². The number of halogens is 3. The number of phenols is 1. The molecule has 0 saturated carbocycles. The standard InChI is InChI=1S/C6H3ClFIO/c7-3-1-2-4(10)5(8)6(3)9/h1-2,10H. The van der Waals surface area contributed by atoms with Crippen molar-refractivity contribution in [2.24, 2.45) is 0 Å². The number of aromatic hydroxyl groups is 1. The van der Waals surface area contributed by atoms with Crippen molar-refractivity contribution in [3.05, 3.63) is 26.5 Å². The third kappa shape index (κ3) is 1.34. The fraction of sp³-hybridized carbons (Fsp3) is 0. The fourth-order valence-corrected chi connectivity index (χ4v) is 1.12. The maximum atomic E-state index is 12.6. The van der Waals surface area contributed by atoms with Crippen molar-refractivity contribution in [1.29, 1.82) is 0 Å². The van der Waals surface area contributed by atoms with Crippen LogP contribution in [0.5, 0.6) is 5.75 Å². The van der Waals surface area contributed by atoms with E-state index in [4.69, 9.17) is 16.7 Å². The van der Waals surface area contributed by atoms with Crippen LogP contribution in [0.15, 0.2) is 12.1 Å². The molecule has 1 aromatic rings. The molecule has 0 aliphatic carbocycles. The van der Waals surface area contributed by atoms with Gasteiger partial charge in [0.2, 0.25) is 0 Å². The molecule has 1 N–H and O–H groups in total. The molecule has 1 nitrogen and oxygen atoms in total. The normalized spacial score (nSPS) is 9.90. The SMILES string of the molecule is Oc1ccc(Cl)c(I)c1F. The highest BCUT2D eigenvalue weighted by molar-refractivity contribution is 14.1. The third-order valence-electron chi connectivity index (χ3n) is 1.01. The molecule has 10 heavy (non-hydrogen) atoms. The van der Waals surface area contributed by atoms with E-state index in [0.717, 1.165) is 0 Å². The zero-order valence-corrected chi connectivity index (χ0v) is 7.65. The zero-order valence-electron chi connectivity index (χ0n) is 4.74. The second-order valence-corrected chi connectivity index (χ2v) is 3.18. The van der Waals surface area contributed by atoms with Gasteiger partial charge in [-0.1, -0.05) is 11.6 Å². The Kier molecular flexibility index (Phi) is 2.36. The number of benzene rings is 1. The molecule has 0 radical (unpaired) electrons. The second kappa shape index (κ2) is 2.92. The molecule has 0 aromatic heterocycles. The van der Waals surface area contributed by atoms with Crippen LogP contribution in [0, 0.1) is 9.39 Å². The summed E-state index contributed by atoms with van der Waals surface area (Å²) in [6.07, 6.45) is 0. The van der Waals surface area contributed by atoms with E-state index in [1.165, 1.54) is 12.1 Å². The maximum Gasteiger partial charge on any atom is 0.179 e. The summed E-state index contributed by atoms with van der Waals surface area (Å²) in [7, 11) is 0. The van der Waals surface area contributed by atoms with Crippen LogP contribution in [0.1, 0.15) is 0 Å². The highest BCUT2D eigenvalue weighted by Crippen LogP contribution is 2.26. The molecule has 0 saturated heterocycles. The Morgan fingerprint density at radius 1 is 1.50 bits per heavy atom. The first kappa shape index (κ1) is 8.07. The molecule has 1 aromatic carbocycles. The summed E-state index contributed by atoms with van der Waals surface area (Å²) in [4.78, 5) is 0. The summed E-state index contributed by atoms with van der Waals surface area (Å²) in [5.41, 5.74) is 0. The first-order chi connectivity index (χ1) is 4.63. The average Bonchev–Trinajstić information content (AvgIpc) is 1.93. The van der Waals surface area contributed by atoms with E-state index in [-0.39, 0.29) is 9.32 Å². The van der Waals surface area contributed by atoms with Gasteiger partial charge in [-0.2, -0.15) is 0 Å². The monoisotopic (exact) mass is 272 g/mol. The van der Waals surface area contributed by atoms with Crippen LogP contribution in [0.4, 0.5) is 4.39 Å². The summed E-state index contributed by atoms with van der Waals surface area (Å²) in [5.74, 6) is -1.03. The molecule has 0 heterocycles. The molecule has 0 spiro atoms. The lowest BCUT2D eigenvalue weighted by atomic mass is 10.3. The topological polar surface area (TPSA) is 20.2 Å². The molecule has 4 heteroatoms. The van der Waals surface area contributed by atoms with Crippen LogP contribution < -0.4 is 0 Å². The van der Waals surface area contributed by atoms with Crippen molar-refractivity contribution < 1.29 is 9.50 Å². The minimum absolute atomic E-state index is 0.249. The first-order valence-electron chi connectivity index (χ1n) is 2.45. The third-order valence-corrected chi connectivity index (χ3v) is 2.70. The van der Waals surface area contributed by atoms with Crippen LogP contribution in [-0.2, 0) is 0 Å². The van der Waals surface area contributed by atoms with E-state index in [1.807, 2.05) is 0 Å². The minimum atomic E-state index is -0.659. The van der Waals surface area contributed by atoms with Crippen LogP contribution in [0.25, 0.3) is 0 Å². The second-order valence-electron chi connectivity index (χ2n) is 1.69. The van der Waals surface area contributed by atoms with E-state index in [0.29, 0.717) is 5.02 Å². The molecule has 0 fully saturated rings. The summed E-state index contributed by atoms with van der Waals surface area (Å²) in [6.45, 7) is 0. The highest BCUT2D eigenvalue weighted by Gasteiger charge is 2.07. The van der Waals surface area contributed by atoms with Gasteiger partial charge in [0.05, 0.1) is 8.59 Å². The minimum Gasteiger partial charge on any atom is -0.505 e. The summed E-state index contributed by atoms with van der Waals surface area (Å²) in [6, 6.07) is 2.67. The fourth-order valence-electron chi connectivity index (χ4n) is 0.516. The smallest absolute Gasteiger partial charge is 0.179 e. The van der Waals surface area contributed by atoms with Gasteiger partial charge in [-0.15, -0.1) is 0 Å². The Morgan fingerprint density at radius 2 is 2.10 bits per heavy atom. The summed E-state index contributed by atoms with van der Waals surface area (Å²) in [5, 5.41) is 9.10. The number of hydrogen-bond acceptors (Lipinski definition) is 1. The molecule has 0 unspecified atom stereocenters. The summed E-state index contributed by atoms with van der Waals surface area (Å²) < 4.78 is 12.9. The van der Waals surface area contributed by atoms with Gasteiger partial charge in [0.15, 0.2) is 11.6 Å². The van der Waals surface area contributed by atoms with Crippen molar-refractivity contribution in [1.82, 2.24) is 0 Å². The van der Waals surface area contributed by atoms with Crippen molar-refractivity contribution in [2.45, 2.75) is 0 Å². The molecule has 0 aliphatic heterocycles. The van der Waals surface area contributed by atoms with Gasteiger partial charge in [0, 0.05) is 0 Å². The lowest BCUT2D eigenvalue weighted by Gasteiger charge is -1.98. The van der Waals surface area contributed by atoms with Gasteiger partial charge in [0.25, 0.3) is 0 Å². The van der Waals surface area contributed by atoms with E-state index in [9.17, 15) is 4.39 Å². The van der Waals surface area contributed by atoms with Gasteiger partial charge in [-0.05, 0) is 34.7 Å². The van der Waals surface area contributed by atoms with Crippen LogP contribution in [-0.4, -0.2) is 5.11 Å². The summed E-state index contributed by atoms with van der Waals surface area (Å²) >= 11 is 7.25. The molecule has 0 amide bonds. The Bertz CT molecular complexity index is 237. The van der Waals surface area contributed by atoms with E-state index in [1.54, 1.807) is 22.6 Å². The van der Waals surface area contributed by atoms with Gasteiger partial charge >= 0.3 is 0 Å². The largest absolute Gasteiger partial charge is 0.505 e. The maximum absolute atomic E-state index is 12.6. The van der Waals surface area contributed by atoms with Gasteiger partial charge in [-0.3, -0.25) is 0 Å². The van der Waals surface area contributed by atoms with E-state index < -0.39 is 5.82 Å². The van der Waals surface area contributed by atoms with Crippen LogP contribution in [0.3, 0.4) is 0 Å². The predicted octanol–water partition coefficient (Wildman–Crippen LogP) is 2.79. The Morgan fingerprint density at radius 3 is 2.60 bits per heavy atom. The van der Waals surface area contributed by atoms with Crippen molar-refractivity contribution >= 4 is 34.2 Å².